The Kier molecular flexibility index (Phi) is 13.1. The molecule has 3 aliphatic carbocycles. The number of nitrogens with zero attached hydrogens (tertiary/aromatic N) is 3. The van der Waals surface area contributed by atoms with E-state index in [1.54, 1.807) is 0 Å². The number of fused-ring (bicyclic) bond motifs is 4. The van der Waals surface area contributed by atoms with Crippen LogP contribution in [-0.4, -0.2) is 55.9 Å². The fraction of sp³-hybridized carbons (Fsp3) is 0.429. The number of anilines is 2. The second-order valence-corrected chi connectivity index (χ2v) is 13.0. The predicted octanol–water partition coefficient (Wildman–Crippen LogP) is 2.68. The Balaban J connectivity index is 0.000000353. The van der Waals surface area contributed by atoms with Gasteiger partial charge in [0.05, 0.1) is 12.0 Å². The number of benzene rings is 1. The van der Waals surface area contributed by atoms with Crippen LogP contribution in [-0.2, 0) is 22.6 Å². The Bertz CT molecular complexity index is 2080. The Hall–Kier alpha value is -5.42. The number of amides is 2. The molecule has 4 aromatic rings. The maximum absolute atomic E-state index is 14.2. The summed E-state index contributed by atoms with van der Waals surface area (Å²) in [5.74, 6) is -3.67. The molecule has 7 rings (SSSR count). The summed E-state index contributed by atoms with van der Waals surface area (Å²) in [7, 11) is 0. The molecule has 2 aromatic heterocycles. The number of primary amides is 1. The van der Waals surface area contributed by atoms with Crippen molar-refractivity contribution in [1.29, 1.82) is 0 Å². The maximum Gasteiger partial charge on any atom is 0.353 e. The zero-order valence-corrected chi connectivity index (χ0v) is 29.3. The smallest absolute Gasteiger partial charge is 0.353 e. The molecule has 0 aliphatic heterocycles. The summed E-state index contributed by atoms with van der Waals surface area (Å²) >= 11 is 0. The number of esters is 1. The van der Waals surface area contributed by atoms with Gasteiger partial charge >= 0.3 is 11.9 Å². The predicted molar refractivity (Wildman–Crippen MR) is 196 cm³/mol. The van der Waals surface area contributed by atoms with Crippen molar-refractivity contribution in [1.82, 2.24) is 19.7 Å². The van der Waals surface area contributed by atoms with Gasteiger partial charge in [-0.2, -0.15) is 0 Å². The third kappa shape index (κ3) is 8.15. The summed E-state index contributed by atoms with van der Waals surface area (Å²) in [5, 5.41) is 14.6. The molecule has 2 amide bonds. The van der Waals surface area contributed by atoms with Crippen LogP contribution in [0, 0.1) is 16.6 Å². The number of carbonyl (C=O) groups excluding carboxylic acids is 3. The number of hydrogen-bond donors (Lipinski definition) is 6. The molecule has 1 unspecified atom stereocenters. The molecule has 2 aromatic carbocycles. The van der Waals surface area contributed by atoms with Crippen molar-refractivity contribution in [2.45, 2.75) is 78.9 Å². The van der Waals surface area contributed by atoms with Crippen molar-refractivity contribution in [2.24, 2.45) is 22.3 Å². The van der Waals surface area contributed by atoms with Gasteiger partial charge < -0.3 is 37.7 Å². The number of ether oxygens (including phenoxy) is 1. The molecule has 3 saturated carbocycles. The van der Waals surface area contributed by atoms with E-state index >= 15 is 0 Å². The van der Waals surface area contributed by atoms with Crippen LogP contribution in [0.4, 0.5) is 15.8 Å². The second-order valence-electron chi connectivity index (χ2n) is 13.0. The van der Waals surface area contributed by atoms with Crippen LogP contribution in [0.15, 0.2) is 40.2 Å². The molecule has 9 N–H and O–H groups in total. The van der Waals surface area contributed by atoms with Gasteiger partial charge in [-0.05, 0) is 75.5 Å². The number of rotatable bonds is 11. The van der Waals surface area contributed by atoms with Crippen LogP contribution in [0.5, 0.6) is 0 Å². The van der Waals surface area contributed by atoms with Crippen molar-refractivity contribution < 1.29 is 33.4 Å². The van der Waals surface area contributed by atoms with Gasteiger partial charge in [0.2, 0.25) is 0 Å². The molecule has 18 heteroatoms. The van der Waals surface area contributed by atoms with Gasteiger partial charge in [-0.25, -0.2) is 19.2 Å². The molecule has 16 nitrogen and oxygen atoms in total. The topological polar surface area (TPSA) is 264 Å². The normalized spacial score (nSPS) is 19.2. The van der Waals surface area contributed by atoms with Crippen molar-refractivity contribution in [3.8, 4) is 0 Å². The summed E-state index contributed by atoms with van der Waals surface area (Å²) in [5.41, 5.74) is 14.5. The molecular formula is C35H44ClFN8O8. The van der Waals surface area contributed by atoms with E-state index < -0.39 is 34.5 Å². The Morgan fingerprint density at radius 3 is 2.25 bits per heavy atom. The van der Waals surface area contributed by atoms with E-state index in [4.69, 9.17) is 21.9 Å². The molecule has 0 radical (unpaired) electrons. The number of imidazole rings is 1. The van der Waals surface area contributed by atoms with Crippen molar-refractivity contribution >= 4 is 53.2 Å². The molecule has 286 valence electrons. The highest BCUT2D eigenvalue weighted by atomic mass is 35.5. The van der Waals surface area contributed by atoms with Gasteiger partial charge in [0.15, 0.2) is 11.3 Å². The van der Waals surface area contributed by atoms with Crippen LogP contribution in [0.3, 0.4) is 0 Å². The monoisotopic (exact) mass is 758 g/mol. The van der Waals surface area contributed by atoms with E-state index in [1.165, 1.54) is 12.1 Å². The summed E-state index contributed by atoms with van der Waals surface area (Å²) in [4.78, 5) is 78.2. The van der Waals surface area contributed by atoms with Gasteiger partial charge in [-0.15, -0.1) is 12.4 Å². The molecule has 2 heterocycles. The lowest BCUT2D eigenvalue weighted by Gasteiger charge is -2.53. The average Bonchev–Trinajstić information content (AvgIpc) is 3.56. The first kappa shape index (κ1) is 42.0. The molecular weight excluding hydrogens is 715 g/mol. The first-order valence-corrected chi connectivity index (χ1v) is 16.3. The number of carbonyl (C=O) groups is 4. The second kappa shape index (κ2) is 16.5. The number of aromatic nitrogens is 3. The van der Waals surface area contributed by atoms with E-state index in [-0.39, 0.29) is 90.0 Å². The lowest BCUT2D eigenvalue weighted by Crippen LogP contribution is -2.52. The standard InChI is InChI=1S/C21H16FN7O6.C13H23NO2.CH4.ClH/c22-10-2-1-8(3-9(10)6-25-14-13(23)16(30)17(14)31)5-26-20(33)11-4-12(21(34)35)29-7-27-15(18(24)32)19(29)28-11;1-3-16-11(15)13-7-4-12(5-8-13,6-9-13)10(2)14;;/h1-4,7,25H,5-6,23H2,(H2,24,32)(H,26,33)(H,34,35);10H,3-9,14H2,1-2H3;1H4;1H. The van der Waals surface area contributed by atoms with Crippen LogP contribution >= 0.6 is 12.4 Å². The molecule has 0 saturated heterocycles. The number of nitrogen functional groups attached to an aromatic ring is 1. The average molecular weight is 759 g/mol. The first-order chi connectivity index (χ1) is 24.1. The first-order valence-electron chi connectivity index (χ1n) is 16.3. The number of aromatic carboxylic acids is 1. The van der Waals surface area contributed by atoms with Crippen molar-refractivity contribution in [3.05, 3.63) is 85.1 Å². The maximum atomic E-state index is 14.2. The number of nitrogens with two attached hydrogens (primary N) is 3. The van der Waals surface area contributed by atoms with Crippen LogP contribution in [0.2, 0.25) is 0 Å². The van der Waals surface area contributed by atoms with Gasteiger partial charge in [-0.1, -0.05) is 13.5 Å². The molecule has 53 heavy (non-hydrogen) atoms. The molecule has 0 spiro atoms. The SMILES string of the molecule is C.CCOC(=O)C12CCC(C(C)N)(CC1)CC2.Cl.NC(=O)c1ncn2c(C(=O)O)cc(C(=O)NCc3ccc(F)c(CNc4c(N)c(=O)c4=O)c3)nc12. The van der Waals surface area contributed by atoms with Gasteiger partial charge in [0.1, 0.15) is 34.9 Å². The fourth-order valence-corrected chi connectivity index (χ4v) is 6.83. The van der Waals surface area contributed by atoms with E-state index in [0.717, 1.165) is 61.4 Å². The highest BCUT2D eigenvalue weighted by Crippen LogP contribution is 2.58. The number of carboxylic acid groups (broad SMARTS) is 1. The summed E-state index contributed by atoms with van der Waals surface area (Å²) in [6.45, 7) is 4.26. The third-order valence-electron chi connectivity index (χ3n) is 10.1. The van der Waals surface area contributed by atoms with E-state index in [1.807, 2.05) is 6.92 Å². The lowest BCUT2D eigenvalue weighted by atomic mass is 9.52. The Morgan fingerprint density at radius 2 is 1.70 bits per heavy atom. The Morgan fingerprint density at radius 1 is 1.06 bits per heavy atom. The van der Waals surface area contributed by atoms with E-state index in [9.17, 15) is 38.3 Å². The molecule has 1 atom stereocenters. The van der Waals surface area contributed by atoms with Gasteiger partial charge in [-0.3, -0.25) is 28.4 Å². The lowest BCUT2D eigenvalue weighted by molar-refractivity contribution is -0.166. The zero-order chi connectivity index (χ0) is 37.2. The Labute approximate surface area is 309 Å². The van der Waals surface area contributed by atoms with E-state index in [0.29, 0.717) is 17.6 Å². The third-order valence-corrected chi connectivity index (χ3v) is 10.1. The molecule has 3 fully saturated rings. The number of carboxylic acids is 1. The van der Waals surface area contributed by atoms with Crippen LogP contribution < -0.4 is 38.7 Å². The minimum absolute atomic E-state index is 0. The fourth-order valence-electron chi connectivity index (χ4n) is 6.83. The summed E-state index contributed by atoms with van der Waals surface area (Å²) in [6, 6.07) is 5.25. The van der Waals surface area contributed by atoms with Gasteiger partial charge in [0, 0.05) is 30.8 Å². The van der Waals surface area contributed by atoms with Crippen molar-refractivity contribution in [3.63, 3.8) is 0 Å². The summed E-state index contributed by atoms with van der Waals surface area (Å²) < 4.78 is 20.4. The quantitative estimate of drug-likeness (QED) is 0.0950. The van der Waals surface area contributed by atoms with Crippen molar-refractivity contribution in [2.75, 3.05) is 17.7 Å². The number of nitrogens with one attached hydrogen (secondary N) is 2. The summed E-state index contributed by atoms with van der Waals surface area (Å²) in [6.07, 6.45) is 7.29. The van der Waals surface area contributed by atoms with Gasteiger partial charge in [0.25, 0.3) is 22.7 Å². The van der Waals surface area contributed by atoms with Crippen LogP contribution in [0.1, 0.15) is 102 Å². The number of hydrogen-bond acceptors (Lipinski definition) is 12. The minimum Gasteiger partial charge on any atom is -0.477 e. The number of halogens is 2. The molecule has 3 aliphatic rings. The minimum atomic E-state index is -1.39. The van der Waals surface area contributed by atoms with E-state index in [2.05, 4.69) is 27.5 Å². The van der Waals surface area contributed by atoms with Crippen LogP contribution in [0.25, 0.3) is 5.65 Å². The highest BCUT2D eigenvalue weighted by Gasteiger charge is 2.54. The highest BCUT2D eigenvalue weighted by molar-refractivity contribution is 6.00. The largest absolute Gasteiger partial charge is 0.477 e. The molecule has 2 bridgehead atoms. The zero-order valence-electron chi connectivity index (χ0n) is 28.5.